The second-order valence-corrected chi connectivity index (χ2v) is 6.89. The summed E-state index contributed by atoms with van der Waals surface area (Å²) in [6.45, 7) is 6.29. The first-order chi connectivity index (χ1) is 12.2. The number of benzene rings is 2. The van der Waals surface area contributed by atoms with E-state index in [4.69, 9.17) is 9.72 Å². The van der Waals surface area contributed by atoms with Gasteiger partial charge in [-0.25, -0.2) is 4.98 Å². The Morgan fingerprint density at radius 2 is 1.64 bits per heavy atom. The van der Waals surface area contributed by atoms with Crippen LogP contribution in [-0.2, 0) is 6.42 Å². The lowest BCUT2D eigenvalue weighted by Gasteiger charge is -2.16. The standard InChI is InChI=1S/C21H24N2OS/c1-4-23(5-2)21-22-20(17-11-13-18(24-3)14-12-17)19(25-21)15-16-9-7-6-8-10-16/h6-14H,4-5,15H2,1-3H3. The van der Waals surface area contributed by atoms with Gasteiger partial charge in [-0.1, -0.05) is 30.3 Å². The number of rotatable bonds is 7. The summed E-state index contributed by atoms with van der Waals surface area (Å²) in [4.78, 5) is 8.59. The van der Waals surface area contributed by atoms with Crippen LogP contribution in [0.3, 0.4) is 0 Å². The van der Waals surface area contributed by atoms with Gasteiger partial charge >= 0.3 is 0 Å². The maximum absolute atomic E-state index is 5.28. The predicted molar refractivity (Wildman–Crippen MR) is 107 cm³/mol. The Bertz CT molecular complexity index is 793. The highest BCUT2D eigenvalue weighted by Crippen LogP contribution is 2.35. The monoisotopic (exact) mass is 352 g/mol. The molecule has 0 fully saturated rings. The lowest BCUT2D eigenvalue weighted by Crippen LogP contribution is -2.21. The zero-order chi connectivity index (χ0) is 17.6. The molecule has 130 valence electrons. The van der Waals surface area contributed by atoms with Crippen molar-refractivity contribution in [3.8, 4) is 17.0 Å². The summed E-state index contributed by atoms with van der Waals surface area (Å²) in [5.41, 5.74) is 3.53. The minimum absolute atomic E-state index is 0.868. The Morgan fingerprint density at radius 3 is 2.24 bits per heavy atom. The van der Waals surface area contributed by atoms with Crippen molar-refractivity contribution in [2.24, 2.45) is 0 Å². The lowest BCUT2D eigenvalue weighted by molar-refractivity contribution is 0.415. The molecule has 3 aromatic rings. The van der Waals surface area contributed by atoms with Gasteiger partial charge in [0.1, 0.15) is 5.75 Å². The Kier molecular flexibility index (Phi) is 5.71. The van der Waals surface area contributed by atoms with Crippen LogP contribution >= 0.6 is 11.3 Å². The molecule has 0 spiro atoms. The highest BCUT2D eigenvalue weighted by atomic mass is 32.1. The molecule has 1 heterocycles. The molecule has 3 rings (SSSR count). The summed E-state index contributed by atoms with van der Waals surface area (Å²) >= 11 is 1.80. The summed E-state index contributed by atoms with van der Waals surface area (Å²) in [6, 6.07) is 18.8. The van der Waals surface area contributed by atoms with E-state index in [1.807, 2.05) is 12.1 Å². The zero-order valence-corrected chi connectivity index (χ0v) is 15.8. The molecule has 0 saturated heterocycles. The van der Waals surface area contributed by atoms with Crippen LogP contribution in [0.4, 0.5) is 5.13 Å². The highest BCUT2D eigenvalue weighted by Gasteiger charge is 2.16. The van der Waals surface area contributed by atoms with Crippen LogP contribution in [0.25, 0.3) is 11.3 Å². The van der Waals surface area contributed by atoms with Crippen molar-refractivity contribution in [2.75, 3.05) is 25.1 Å². The molecule has 0 aliphatic heterocycles. The van der Waals surface area contributed by atoms with Crippen LogP contribution in [0.15, 0.2) is 54.6 Å². The van der Waals surface area contributed by atoms with Crippen LogP contribution in [-0.4, -0.2) is 25.2 Å². The Labute approximate surface area is 153 Å². The van der Waals surface area contributed by atoms with Crippen LogP contribution < -0.4 is 9.64 Å². The van der Waals surface area contributed by atoms with E-state index in [0.29, 0.717) is 0 Å². The van der Waals surface area contributed by atoms with Crippen molar-refractivity contribution in [1.82, 2.24) is 4.98 Å². The van der Waals surface area contributed by atoms with E-state index in [-0.39, 0.29) is 0 Å². The first-order valence-corrected chi connectivity index (χ1v) is 9.49. The van der Waals surface area contributed by atoms with Crippen molar-refractivity contribution in [3.05, 3.63) is 65.0 Å². The number of hydrogen-bond donors (Lipinski definition) is 0. The van der Waals surface area contributed by atoms with Gasteiger partial charge < -0.3 is 9.64 Å². The molecule has 0 radical (unpaired) electrons. The van der Waals surface area contributed by atoms with Crippen molar-refractivity contribution >= 4 is 16.5 Å². The molecule has 0 aliphatic rings. The molecule has 0 amide bonds. The number of anilines is 1. The zero-order valence-electron chi connectivity index (χ0n) is 15.0. The first kappa shape index (κ1) is 17.5. The number of thiazole rings is 1. The van der Waals surface area contributed by atoms with Gasteiger partial charge in [-0.15, -0.1) is 11.3 Å². The summed E-state index contributed by atoms with van der Waals surface area (Å²) in [6.07, 6.45) is 0.904. The van der Waals surface area contributed by atoms with Gasteiger partial charge in [0.2, 0.25) is 0 Å². The molecule has 0 bridgehead atoms. The van der Waals surface area contributed by atoms with Gasteiger partial charge in [0, 0.05) is 30.0 Å². The summed E-state index contributed by atoms with van der Waals surface area (Å²) < 4.78 is 5.28. The van der Waals surface area contributed by atoms with Crippen molar-refractivity contribution < 1.29 is 4.74 Å². The molecule has 0 saturated carbocycles. The predicted octanol–water partition coefficient (Wildman–Crippen LogP) is 5.26. The Balaban J connectivity index is 2.01. The quantitative estimate of drug-likeness (QED) is 0.580. The molecule has 0 N–H and O–H groups in total. The minimum Gasteiger partial charge on any atom is -0.497 e. The van der Waals surface area contributed by atoms with Crippen molar-refractivity contribution in [2.45, 2.75) is 20.3 Å². The van der Waals surface area contributed by atoms with Crippen molar-refractivity contribution in [3.63, 3.8) is 0 Å². The van der Waals surface area contributed by atoms with E-state index in [0.717, 1.165) is 41.6 Å². The smallest absolute Gasteiger partial charge is 0.186 e. The fourth-order valence-electron chi connectivity index (χ4n) is 2.84. The summed E-state index contributed by atoms with van der Waals surface area (Å²) in [5, 5.41) is 1.10. The highest BCUT2D eigenvalue weighted by molar-refractivity contribution is 7.16. The van der Waals surface area contributed by atoms with E-state index in [9.17, 15) is 0 Å². The molecule has 0 aliphatic carbocycles. The van der Waals surface area contributed by atoms with Gasteiger partial charge in [-0.3, -0.25) is 0 Å². The Hall–Kier alpha value is -2.33. The molecule has 1 aromatic heterocycles. The van der Waals surface area contributed by atoms with Gasteiger partial charge in [0.15, 0.2) is 5.13 Å². The van der Waals surface area contributed by atoms with Gasteiger partial charge in [-0.05, 0) is 43.7 Å². The third kappa shape index (κ3) is 4.02. The topological polar surface area (TPSA) is 25.4 Å². The number of methoxy groups -OCH3 is 1. The molecule has 0 unspecified atom stereocenters. The molecular weight excluding hydrogens is 328 g/mol. The summed E-state index contributed by atoms with van der Waals surface area (Å²) in [5.74, 6) is 0.868. The second kappa shape index (κ2) is 8.17. The second-order valence-electron chi connectivity index (χ2n) is 5.83. The van der Waals surface area contributed by atoms with E-state index in [1.165, 1.54) is 10.4 Å². The van der Waals surface area contributed by atoms with E-state index < -0.39 is 0 Å². The molecule has 3 nitrogen and oxygen atoms in total. The maximum Gasteiger partial charge on any atom is 0.186 e. The Morgan fingerprint density at radius 1 is 0.960 bits per heavy atom. The number of ether oxygens (including phenoxy) is 1. The normalized spacial score (nSPS) is 10.7. The average molecular weight is 353 g/mol. The number of nitrogens with zero attached hydrogens (tertiary/aromatic N) is 2. The SMILES string of the molecule is CCN(CC)c1nc(-c2ccc(OC)cc2)c(Cc2ccccc2)s1. The van der Waals surface area contributed by atoms with Gasteiger partial charge in [0.05, 0.1) is 12.8 Å². The largest absolute Gasteiger partial charge is 0.497 e. The van der Waals surface area contributed by atoms with Crippen LogP contribution in [0.1, 0.15) is 24.3 Å². The van der Waals surface area contributed by atoms with E-state index in [1.54, 1.807) is 18.4 Å². The number of aromatic nitrogens is 1. The molecule has 0 atom stereocenters. The van der Waals surface area contributed by atoms with Gasteiger partial charge in [0.25, 0.3) is 0 Å². The maximum atomic E-state index is 5.28. The van der Waals surface area contributed by atoms with Crippen molar-refractivity contribution in [1.29, 1.82) is 0 Å². The number of hydrogen-bond acceptors (Lipinski definition) is 4. The first-order valence-electron chi connectivity index (χ1n) is 8.68. The minimum atomic E-state index is 0.868. The lowest BCUT2D eigenvalue weighted by atomic mass is 10.1. The van der Waals surface area contributed by atoms with E-state index >= 15 is 0 Å². The molecular formula is C21H24N2OS. The molecule has 2 aromatic carbocycles. The third-order valence-corrected chi connectivity index (χ3v) is 5.41. The molecule has 25 heavy (non-hydrogen) atoms. The fraction of sp³-hybridized carbons (Fsp3) is 0.286. The van der Waals surface area contributed by atoms with E-state index in [2.05, 4.69) is 61.2 Å². The third-order valence-electron chi connectivity index (χ3n) is 4.29. The van der Waals surface area contributed by atoms with Crippen LogP contribution in [0.2, 0.25) is 0 Å². The fourth-order valence-corrected chi connectivity index (χ4v) is 4.09. The average Bonchev–Trinajstić information content (AvgIpc) is 3.07. The van der Waals surface area contributed by atoms with Crippen LogP contribution in [0, 0.1) is 0 Å². The molecule has 4 heteroatoms. The van der Waals surface area contributed by atoms with Crippen LogP contribution in [0.5, 0.6) is 5.75 Å². The van der Waals surface area contributed by atoms with Gasteiger partial charge in [-0.2, -0.15) is 0 Å². The summed E-state index contributed by atoms with van der Waals surface area (Å²) in [7, 11) is 1.69.